The Balaban J connectivity index is 2.02. The highest BCUT2D eigenvalue weighted by atomic mass is 15.0. The summed E-state index contributed by atoms with van der Waals surface area (Å²) in [4.78, 5) is 4.53. The molecular formula is C14H22N4. The van der Waals surface area contributed by atoms with Crippen molar-refractivity contribution in [1.29, 1.82) is 0 Å². The smallest absolute Gasteiger partial charge is 0.106 e. The minimum absolute atomic E-state index is 0.285. The van der Waals surface area contributed by atoms with E-state index < -0.39 is 0 Å². The van der Waals surface area contributed by atoms with Gasteiger partial charge in [-0.05, 0) is 44.9 Å². The fourth-order valence-electron chi connectivity index (χ4n) is 2.09. The molecule has 1 atom stereocenters. The monoisotopic (exact) mass is 246 g/mol. The summed E-state index contributed by atoms with van der Waals surface area (Å²) >= 11 is 0. The molecule has 0 bridgehead atoms. The zero-order chi connectivity index (χ0) is 13.1. The number of fused-ring (bicyclic) bond motifs is 1. The first-order valence-corrected chi connectivity index (χ1v) is 6.50. The molecule has 3 N–H and O–H groups in total. The van der Waals surface area contributed by atoms with Crippen molar-refractivity contribution < 1.29 is 0 Å². The number of nitrogens with one attached hydrogen (secondary N) is 1. The van der Waals surface area contributed by atoms with Crippen molar-refractivity contribution >= 4 is 16.7 Å². The van der Waals surface area contributed by atoms with Crippen LogP contribution in [0.15, 0.2) is 18.2 Å². The standard InChI is InChI=1S/C14H22N4/c1-10(15)5-4-8-16-12-6-7-14-13(9-12)17-11(2)18(14)3/h6-7,9-10,16H,4-5,8,15H2,1-3H3. The molecule has 18 heavy (non-hydrogen) atoms. The molecule has 0 aliphatic rings. The van der Waals surface area contributed by atoms with Crippen LogP contribution in [0.3, 0.4) is 0 Å². The van der Waals surface area contributed by atoms with E-state index in [2.05, 4.69) is 33.1 Å². The van der Waals surface area contributed by atoms with Gasteiger partial charge in [-0.3, -0.25) is 0 Å². The lowest BCUT2D eigenvalue weighted by molar-refractivity contribution is 0.639. The fourth-order valence-corrected chi connectivity index (χ4v) is 2.09. The van der Waals surface area contributed by atoms with Gasteiger partial charge < -0.3 is 15.6 Å². The van der Waals surface area contributed by atoms with Gasteiger partial charge in [-0.1, -0.05) is 0 Å². The Bertz CT molecular complexity index is 528. The van der Waals surface area contributed by atoms with Crippen molar-refractivity contribution in [2.75, 3.05) is 11.9 Å². The summed E-state index contributed by atoms with van der Waals surface area (Å²) in [5, 5.41) is 3.42. The Morgan fingerprint density at radius 2 is 2.22 bits per heavy atom. The van der Waals surface area contributed by atoms with Gasteiger partial charge in [0.2, 0.25) is 0 Å². The molecule has 4 heteroatoms. The third-order valence-electron chi connectivity index (χ3n) is 3.27. The van der Waals surface area contributed by atoms with Gasteiger partial charge in [0.05, 0.1) is 11.0 Å². The summed E-state index contributed by atoms with van der Waals surface area (Å²) in [7, 11) is 2.04. The second kappa shape index (κ2) is 5.40. The zero-order valence-electron chi connectivity index (χ0n) is 11.4. The second-order valence-corrected chi connectivity index (χ2v) is 4.97. The lowest BCUT2D eigenvalue weighted by atomic mass is 10.2. The first-order valence-electron chi connectivity index (χ1n) is 6.50. The minimum Gasteiger partial charge on any atom is -0.385 e. The molecule has 0 radical (unpaired) electrons. The average Bonchev–Trinajstić information content (AvgIpc) is 2.60. The first-order chi connectivity index (χ1) is 8.58. The van der Waals surface area contributed by atoms with E-state index in [0.717, 1.165) is 36.4 Å². The topological polar surface area (TPSA) is 55.9 Å². The van der Waals surface area contributed by atoms with Gasteiger partial charge in [0, 0.05) is 25.3 Å². The summed E-state index contributed by atoms with van der Waals surface area (Å²) in [6, 6.07) is 6.61. The Hall–Kier alpha value is -1.55. The zero-order valence-corrected chi connectivity index (χ0v) is 11.4. The molecular weight excluding hydrogens is 224 g/mol. The van der Waals surface area contributed by atoms with Crippen molar-refractivity contribution in [2.24, 2.45) is 12.8 Å². The molecule has 0 saturated carbocycles. The Morgan fingerprint density at radius 1 is 1.44 bits per heavy atom. The molecule has 1 unspecified atom stereocenters. The summed E-state index contributed by atoms with van der Waals surface area (Å²) < 4.78 is 2.11. The highest BCUT2D eigenvalue weighted by Crippen LogP contribution is 2.19. The van der Waals surface area contributed by atoms with Gasteiger partial charge in [0.1, 0.15) is 5.82 Å². The normalized spacial score (nSPS) is 12.9. The molecule has 0 saturated heterocycles. The van der Waals surface area contributed by atoms with Crippen molar-refractivity contribution in [3.63, 3.8) is 0 Å². The van der Waals surface area contributed by atoms with Crippen LogP contribution in [-0.4, -0.2) is 22.1 Å². The maximum Gasteiger partial charge on any atom is 0.106 e. The Labute approximate surface area is 108 Å². The number of imidazole rings is 1. The summed E-state index contributed by atoms with van der Waals surface area (Å²) in [6.45, 7) is 5.03. The van der Waals surface area contributed by atoms with Gasteiger partial charge >= 0.3 is 0 Å². The van der Waals surface area contributed by atoms with E-state index in [1.54, 1.807) is 0 Å². The maximum atomic E-state index is 5.73. The average molecular weight is 246 g/mol. The number of anilines is 1. The van der Waals surface area contributed by atoms with Gasteiger partial charge in [-0.2, -0.15) is 0 Å². The number of hydrogen-bond acceptors (Lipinski definition) is 3. The molecule has 0 spiro atoms. The van der Waals surface area contributed by atoms with Crippen LogP contribution in [0.5, 0.6) is 0 Å². The summed E-state index contributed by atoms with van der Waals surface area (Å²) in [5.41, 5.74) is 9.08. The molecule has 1 heterocycles. The van der Waals surface area contributed by atoms with E-state index >= 15 is 0 Å². The number of benzene rings is 1. The van der Waals surface area contributed by atoms with Crippen molar-refractivity contribution in [3.8, 4) is 0 Å². The SMILES string of the molecule is Cc1nc2cc(NCCCC(C)N)ccc2n1C. The highest BCUT2D eigenvalue weighted by molar-refractivity contribution is 5.80. The van der Waals surface area contributed by atoms with Crippen LogP contribution in [0.25, 0.3) is 11.0 Å². The molecule has 4 nitrogen and oxygen atoms in total. The molecule has 98 valence electrons. The van der Waals surface area contributed by atoms with Crippen molar-refractivity contribution in [2.45, 2.75) is 32.7 Å². The van der Waals surface area contributed by atoms with Crippen molar-refractivity contribution in [1.82, 2.24) is 9.55 Å². The number of nitrogens with two attached hydrogens (primary N) is 1. The summed E-state index contributed by atoms with van der Waals surface area (Å²) in [5.74, 6) is 1.04. The van der Waals surface area contributed by atoms with Gasteiger partial charge in [-0.25, -0.2) is 4.98 Å². The molecule has 0 fully saturated rings. The molecule has 0 aliphatic carbocycles. The molecule has 2 aromatic rings. The lowest BCUT2D eigenvalue weighted by Gasteiger charge is -2.08. The summed E-state index contributed by atoms with van der Waals surface area (Å²) in [6.07, 6.45) is 2.15. The van der Waals surface area contributed by atoms with E-state index in [9.17, 15) is 0 Å². The third kappa shape index (κ3) is 2.82. The van der Waals surface area contributed by atoms with Crippen molar-refractivity contribution in [3.05, 3.63) is 24.0 Å². The van der Waals surface area contributed by atoms with Crippen LogP contribution in [-0.2, 0) is 7.05 Å². The molecule has 1 aromatic heterocycles. The van der Waals surface area contributed by atoms with Gasteiger partial charge in [0.25, 0.3) is 0 Å². The van der Waals surface area contributed by atoms with E-state index in [4.69, 9.17) is 5.73 Å². The molecule has 1 aromatic carbocycles. The minimum atomic E-state index is 0.285. The third-order valence-corrected chi connectivity index (χ3v) is 3.27. The van der Waals surface area contributed by atoms with E-state index in [1.807, 2.05) is 20.9 Å². The Morgan fingerprint density at radius 3 is 2.94 bits per heavy atom. The number of rotatable bonds is 5. The number of aromatic nitrogens is 2. The molecule has 2 rings (SSSR count). The van der Waals surface area contributed by atoms with Gasteiger partial charge in [-0.15, -0.1) is 0 Å². The largest absolute Gasteiger partial charge is 0.385 e. The van der Waals surface area contributed by atoms with E-state index in [0.29, 0.717) is 0 Å². The number of aryl methyl sites for hydroxylation is 2. The van der Waals surface area contributed by atoms with E-state index in [1.165, 1.54) is 5.52 Å². The van der Waals surface area contributed by atoms with Crippen LogP contribution >= 0.6 is 0 Å². The predicted molar refractivity (Wildman–Crippen MR) is 76.8 cm³/mol. The first kappa shape index (κ1) is 12.9. The lowest BCUT2D eigenvalue weighted by Crippen LogP contribution is -2.16. The predicted octanol–water partition coefficient (Wildman–Crippen LogP) is 2.42. The molecule has 0 amide bonds. The van der Waals surface area contributed by atoms with Crippen LogP contribution in [0.4, 0.5) is 5.69 Å². The van der Waals surface area contributed by atoms with Crippen LogP contribution < -0.4 is 11.1 Å². The van der Waals surface area contributed by atoms with Crippen LogP contribution in [0.2, 0.25) is 0 Å². The van der Waals surface area contributed by atoms with E-state index in [-0.39, 0.29) is 6.04 Å². The van der Waals surface area contributed by atoms with Gasteiger partial charge in [0.15, 0.2) is 0 Å². The van der Waals surface area contributed by atoms with Crippen LogP contribution in [0.1, 0.15) is 25.6 Å². The maximum absolute atomic E-state index is 5.73. The highest BCUT2D eigenvalue weighted by Gasteiger charge is 2.04. The van der Waals surface area contributed by atoms with Crippen LogP contribution in [0, 0.1) is 6.92 Å². The number of nitrogens with zero attached hydrogens (tertiary/aromatic N) is 2. The number of hydrogen-bond donors (Lipinski definition) is 2. The Kier molecular flexibility index (Phi) is 3.87. The second-order valence-electron chi connectivity index (χ2n) is 4.97. The molecule has 0 aliphatic heterocycles. The quantitative estimate of drug-likeness (QED) is 0.797. The fraction of sp³-hybridized carbons (Fsp3) is 0.500.